The minimum absolute atomic E-state index is 0.134. The van der Waals surface area contributed by atoms with Gasteiger partial charge in [0.2, 0.25) is 11.8 Å². The Balaban J connectivity index is 2.67. The van der Waals surface area contributed by atoms with Crippen LogP contribution in [0.3, 0.4) is 0 Å². The Labute approximate surface area is 98.1 Å². The molecule has 1 fully saturated rings. The number of carbonyl (C=O) groups excluding carboxylic acids is 3. The van der Waals surface area contributed by atoms with Crippen LogP contribution in [0.4, 0.5) is 0 Å². The van der Waals surface area contributed by atoms with Gasteiger partial charge in [-0.15, -0.1) is 0 Å². The molecule has 1 atom stereocenters. The van der Waals surface area contributed by atoms with Crippen LogP contribution in [0.15, 0.2) is 5.16 Å². The number of ether oxygens (including phenoxy) is 1. The van der Waals surface area contributed by atoms with E-state index in [0.717, 1.165) is 0 Å². The summed E-state index contributed by atoms with van der Waals surface area (Å²) in [5, 5.41) is 5.95. The fourth-order valence-corrected chi connectivity index (χ4v) is 1.23. The Bertz CT molecular complexity index is 364. The number of nitrogens with zero attached hydrogens (tertiary/aromatic N) is 1. The molecule has 0 radical (unpaired) electrons. The predicted molar refractivity (Wildman–Crippen MR) is 57.2 cm³/mol. The van der Waals surface area contributed by atoms with E-state index in [0.29, 0.717) is 13.0 Å². The van der Waals surface area contributed by atoms with Crippen LogP contribution in [0.25, 0.3) is 0 Å². The topological polar surface area (TPSA) is 94.1 Å². The summed E-state index contributed by atoms with van der Waals surface area (Å²) in [6, 6.07) is 0. The third-order valence-corrected chi connectivity index (χ3v) is 2.07. The number of oxime groups is 1. The molecule has 17 heavy (non-hydrogen) atoms. The molecule has 1 N–H and O–H groups in total. The summed E-state index contributed by atoms with van der Waals surface area (Å²) in [6.07, 6.45) is -0.296. The number of hydrogen-bond donors (Lipinski definition) is 1. The molecule has 1 heterocycles. The van der Waals surface area contributed by atoms with Gasteiger partial charge in [0.05, 0.1) is 6.61 Å². The highest BCUT2D eigenvalue weighted by molar-refractivity contribution is 6.63. The van der Waals surface area contributed by atoms with Crippen LogP contribution < -0.4 is 5.32 Å². The number of hydrogen-bond acceptors (Lipinski definition) is 6. The summed E-state index contributed by atoms with van der Waals surface area (Å²) in [7, 11) is 0. The Kier molecular flexibility index (Phi) is 4.62. The van der Waals surface area contributed by atoms with Crippen molar-refractivity contribution in [2.45, 2.75) is 26.4 Å². The normalized spacial score (nSPS) is 19.8. The maximum Gasteiger partial charge on any atom is 0.364 e. The van der Waals surface area contributed by atoms with Crippen molar-refractivity contribution in [1.29, 1.82) is 0 Å². The SMILES string of the molecule is CCOC(=O)/C(=N/OC1CCNC1=O)C(C)=O. The van der Waals surface area contributed by atoms with Gasteiger partial charge >= 0.3 is 5.97 Å². The fourth-order valence-electron chi connectivity index (χ4n) is 1.23. The maximum absolute atomic E-state index is 11.3. The Morgan fingerprint density at radius 3 is 2.71 bits per heavy atom. The summed E-state index contributed by atoms with van der Waals surface area (Å²) >= 11 is 0. The first-order valence-corrected chi connectivity index (χ1v) is 5.25. The van der Waals surface area contributed by atoms with E-state index < -0.39 is 23.6 Å². The van der Waals surface area contributed by atoms with Gasteiger partial charge in [-0.05, 0) is 6.92 Å². The lowest BCUT2D eigenvalue weighted by atomic mass is 10.3. The molecule has 1 aliphatic rings. The molecule has 0 aromatic carbocycles. The number of nitrogens with one attached hydrogen (secondary N) is 1. The molecular weight excluding hydrogens is 228 g/mol. The monoisotopic (exact) mass is 242 g/mol. The van der Waals surface area contributed by atoms with Gasteiger partial charge in [0.25, 0.3) is 5.91 Å². The van der Waals surface area contributed by atoms with E-state index in [1.54, 1.807) is 6.92 Å². The summed E-state index contributed by atoms with van der Waals surface area (Å²) in [5.41, 5.74) is -0.438. The van der Waals surface area contributed by atoms with Crippen LogP contribution in [0.5, 0.6) is 0 Å². The fraction of sp³-hybridized carbons (Fsp3) is 0.600. The smallest absolute Gasteiger partial charge is 0.364 e. The first-order chi connectivity index (χ1) is 8.06. The molecule has 1 amide bonds. The van der Waals surface area contributed by atoms with Gasteiger partial charge < -0.3 is 14.9 Å². The van der Waals surface area contributed by atoms with Crippen molar-refractivity contribution in [2.24, 2.45) is 5.16 Å². The highest BCUT2D eigenvalue weighted by Crippen LogP contribution is 2.05. The minimum atomic E-state index is -0.849. The predicted octanol–water partition coefficient (Wildman–Crippen LogP) is -0.600. The van der Waals surface area contributed by atoms with E-state index >= 15 is 0 Å². The summed E-state index contributed by atoms with van der Waals surface area (Å²) in [5.74, 6) is -1.72. The molecular formula is C10H14N2O5. The molecule has 0 spiro atoms. The van der Waals surface area contributed by atoms with Gasteiger partial charge in [-0.1, -0.05) is 5.16 Å². The average molecular weight is 242 g/mol. The molecule has 7 nitrogen and oxygen atoms in total. The van der Waals surface area contributed by atoms with E-state index in [4.69, 9.17) is 4.84 Å². The Morgan fingerprint density at radius 2 is 2.24 bits per heavy atom. The maximum atomic E-state index is 11.3. The number of rotatable bonds is 5. The van der Waals surface area contributed by atoms with Gasteiger partial charge in [-0.25, -0.2) is 4.79 Å². The lowest BCUT2D eigenvalue weighted by Crippen LogP contribution is -2.28. The van der Waals surface area contributed by atoms with Crippen molar-refractivity contribution < 1.29 is 24.0 Å². The third kappa shape index (κ3) is 3.54. The Morgan fingerprint density at radius 1 is 1.53 bits per heavy atom. The summed E-state index contributed by atoms with van der Waals surface area (Å²) < 4.78 is 4.64. The van der Waals surface area contributed by atoms with Crippen molar-refractivity contribution in [1.82, 2.24) is 5.32 Å². The minimum Gasteiger partial charge on any atom is -0.461 e. The van der Waals surface area contributed by atoms with E-state index in [9.17, 15) is 14.4 Å². The summed E-state index contributed by atoms with van der Waals surface area (Å²) in [4.78, 5) is 38.5. The molecule has 0 aromatic rings. The Hall–Kier alpha value is -1.92. The van der Waals surface area contributed by atoms with Crippen molar-refractivity contribution in [3.05, 3.63) is 0 Å². The standard InChI is InChI=1S/C10H14N2O5/c1-3-16-10(15)8(6(2)13)12-17-7-4-5-11-9(7)14/h7H,3-5H2,1-2H3,(H,11,14)/b12-8+. The highest BCUT2D eigenvalue weighted by atomic mass is 16.6. The first-order valence-electron chi connectivity index (χ1n) is 5.25. The van der Waals surface area contributed by atoms with Crippen LogP contribution in [0.1, 0.15) is 20.3 Å². The largest absolute Gasteiger partial charge is 0.461 e. The van der Waals surface area contributed by atoms with Gasteiger partial charge in [0.1, 0.15) is 0 Å². The van der Waals surface area contributed by atoms with Gasteiger partial charge in [-0.2, -0.15) is 0 Å². The summed E-state index contributed by atoms with van der Waals surface area (Å²) in [6.45, 7) is 3.41. The number of carbonyl (C=O) groups is 3. The zero-order chi connectivity index (χ0) is 12.8. The van der Waals surface area contributed by atoms with Crippen molar-refractivity contribution in [3.63, 3.8) is 0 Å². The van der Waals surface area contributed by atoms with Crippen molar-refractivity contribution in [2.75, 3.05) is 13.2 Å². The van der Waals surface area contributed by atoms with Gasteiger partial charge in [0.15, 0.2) is 5.78 Å². The second-order valence-corrected chi connectivity index (χ2v) is 3.39. The van der Waals surface area contributed by atoms with Gasteiger partial charge in [-0.3, -0.25) is 9.59 Å². The van der Waals surface area contributed by atoms with Crippen LogP contribution in [0, 0.1) is 0 Å². The second-order valence-electron chi connectivity index (χ2n) is 3.39. The molecule has 94 valence electrons. The molecule has 1 saturated heterocycles. The number of ketones is 1. The zero-order valence-corrected chi connectivity index (χ0v) is 9.69. The molecule has 0 aliphatic carbocycles. The van der Waals surface area contributed by atoms with E-state index in [1.165, 1.54) is 6.92 Å². The molecule has 0 bridgehead atoms. The van der Waals surface area contributed by atoms with Crippen molar-refractivity contribution >= 4 is 23.4 Å². The van der Waals surface area contributed by atoms with Crippen LogP contribution >= 0.6 is 0 Å². The zero-order valence-electron chi connectivity index (χ0n) is 9.69. The number of amides is 1. The molecule has 1 unspecified atom stereocenters. The highest BCUT2D eigenvalue weighted by Gasteiger charge is 2.27. The number of Topliss-reactive ketones (excluding diaryl/α,β-unsaturated/α-hetero) is 1. The molecule has 0 aromatic heterocycles. The number of esters is 1. The first kappa shape index (κ1) is 13.1. The van der Waals surface area contributed by atoms with Crippen LogP contribution in [0.2, 0.25) is 0 Å². The third-order valence-electron chi connectivity index (χ3n) is 2.07. The lowest BCUT2D eigenvalue weighted by molar-refractivity contribution is -0.137. The molecule has 1 aliphatic heterocycles. The van der Waals surface area contributed by atoms with Crippen LogP contribution in [-0.2, 0) is 24.0 Å². The van der Waals surface area contributed by atoms with E-state index in [1.807, 2.05) is 0 Å². The van der Waals surface area contributed by atoms with E-state index in [-0.39, 0.29) is 12.5 Å². The molecule has 0 saturated carbocycles. The van der Waals surface area contributed by atoms with Crippen molar-refractivity contribution in [3.8, 4) is 0 Å². The van der Waals surface area contributed by atoms with Crippen LogP contribution in [-0.4, -0.2) is 42.6 Å². The lowest BCUT2D eigenvalue weighted by Gasteiger charge is -2.06. The molecule has 7 heteroatoms. The second kappa shape index (κ2) is 5.97. The quantitative estimate of drug-likeness (QED) is 0.300. The van der Waals surface area contributed by atoms with Gasteiger partial charge in [0, 0.05) is 19.9 Å². The molecule has 1 rings (SSSR count). The average Bonchev–Trinajstić information content (AvgIpc) is 2.64. The van der Waals surface area contributed by atoms with E-state index in [2.05, 4.69) is 15.2 Å².